The molecule has 150 valence electrons. The van der Waals surface area contributed by atoms with Crippen molar-refractivity contribution in [3.63, 3.8) is 0 Å². The van der Waals surface area contributed by atoms with E-state index >= 15 is 0 Å². The van der Waals surface area contributed by atoms with Crippen LogP contribution in [0.4, 0.5) is 0 Å². The smallest absolute Gasteiger partial charge is 0.289 e. The average molecular weight is 394 g/mol. The van der Waals surface area contributed by atoms with Gasteiger partial charge in [0.05, 0.1) is 33.2 Å². The van der Waals surface area contributed by atoms with Gasteiger partial charge in [-0.2, -0.15) is 10.2 Å². The van der Waals surface area contributed by atoms with Crippen LogP contribution >= 0.6 is 0 Å². The van der Waals surface area contributed by atoms with E-state index in [1.54, 1.807) is 12.1 Å². The van der Waals surface area contributed by atoms with Crippen LogP contribution in [-0.2, 0) is 0 Å². The molecule has 2 N–H and O–H groups in total. The molecule has 0 spiro atoms. The number of benzene rings is 2. The van der Waals surface area contributed by atoms with Gasteiger partial charge in [-0.25, -0.2) is 5.43 Å². The number of rotatable bonds is 7. The maximum atomic E-state index is 12.5. The van der Waals surface area contributed by atoms with Crippen LogP contribution in [0.2, 0.25) is 0 Å². The Morgan fingerprint density at radius 2 is 1.72 bits per heavy atom. The number of carbonyl (C=O) groups excluding carboxylic acids is 1. The molecule has 29 heavy (non-hydrogen) atoms. The Kier molecular flexibility index (Phi) is 6.13. The fraction of sp³-hybridized carbons (Fsp3) is 0.190. The van der Waals surface area contributed by atoms with Crippen molar-refractivity contribution >= 4 is 12.1 Å². The van der Waals surface area contributed by atoms with Gasteiger partial charge < -0.3 is 14.2 Å². The van der Waals surface area contributed by atoms with Crippen molar-refractivity contribution in [3.05, 3.63) is 59.3 Å². The number of aromatic nitrogens is 2. The summed E-state index contributed by atoms with van der Waals surface area (Å²) in [6.45, 7) is 1.84. The minimum Gasteiger partial charge on any atom is -0.493 e. The van der Waals surface area contributed by atoms with E-state index < -0.39 is 0 Å². The molecule has 1 amide bonds. The van der Waals surface area contributed by atoms with Crippen molar-refractivity contribution in [2.45, 2.75) is 6.92 Å². The molecule has 0 aliphatic carbocycles. The van der Waals surface area contributed by atoms with Gasteiger partial charge in [0.25, 0.3) is 5.91 Å². The van der Waals surface area contributed by atoms with E-state index in [1.165, 1.54) is 27.5 Å². The predicted molar refractivity (Wildman–Crippen MR) is 110 cm³/mol. The van der Waals surface area contributed by atoms with Crippen molar-refractivity contribution in [1.29, 1.82) is 0 Å². The summed E-state index contributed by atoms with van der Waals surface area (Å²) in [5.41, 5.74) is 5.93. The van der Waals surface area contributed by atoms with Crippen molar-refractivity contribution in [2.24, 2.45) is 5.10 Å². The van der Waals surface area contributed by atoms with Gasteiger partial charge in [-0.15, -0.1) is 0 Å². The molecule has 0 unspecified atom stereocenters. The van der Waals surface area contributed by atoms with E-state index in [0.717, 1.165) is 16.8 Å². The van der Waals surface area contributed by atoms with Gasteiger partial charge in [-0.05, 0) is 19.1 Å². The zero-order valence-electron chi connectivity index (χ0n) is 16.6. The van der Waals surface area contributed by atoms with Gasteiger partial charge in [0.2, 0.25) is 5.75 Å². The van der Waals surface area contributed by atoms with Crippen LogP contribution in [0, 0.1) is 6.92 Å². The van der Waals surface area contributed by atoms with Gasteiger partial charge in [0.15, 0.2) is 11.5 Å². The molecule has 3 rings (SSSR count). The second-order valence-electron chi connectivity index (χ2n) is 6.10. The number of methoxy groups -OCH3 is 3. The maximum Gasteiger partial charge on any atom is 0.289 e. The zero-order valence-corrected chi connectivity index (χ0v) is 16.6. The van der Waals surface area contributed by atoms with Gasteiger partial charge in [-0.1, -0.05) is 30.3 Å². The first kappa shape index (κ1) is 19.9. The molecule has 0 saturated carbocycles. The van der Waals surface area contributed by atoms with Crippen molar-refractivity contribution < 1.29 is 19.0 Å². The van der Waals surface area contributed by atoms with E-state index in [1.807, 2.05) is 37.3 Å². The topological polar surface area (TPSA) is 97.8 Å². The summed E-state index contributed by atoms with van der Waals surface area (Å²) in [6, 6.07) is 13.1. The Morgan fingerprint density at radius 3 is 2.31 bits per heavy atom. The Hall–Kier alpha value is -3.81. The molecule has 0 aliphatic heterocycles. The summed E-state index contributed by atoms with van der Waals surface area (Å²) in [5, 5.41) is 11.1. The molecule has 1 aromatic heterocycles. The van der Waals surface area contributed by atoms with Crippen LogP contribution in [0.15, 0.2) is 47.6 Å². The van der Waals surface area contributed by atoms with Crippen LogP contribution in [0.3, 0.4) is 0 Å². The number of ether oxygens (including phenoxy) is 3. The van der Waals surface area contributed by atoms with Crippen molar-refractivity contribution in [2.75, 3.05) is 21.3 Å². The molecular weight excluding hydrogens is 372 g/mol. The number of hydrogen-bond donors (Lipinski definition) is 2. The molecular formula is C21H22N4O4. The van der Waals surface area contributed by atoms with E-state index in [4.69, 9.17) is 14.2 Å². The summed E-state index contributed by atoms with van der Waals surface area (Å²) >= 11 is 0. The third-order valence-corrected chi connectivity index (χ3v) is 4.35. The standard InChI is InChI=1S/C21H22N4O4/c1-13-18(15-8-6-5-7-9-15)23-24-19(13)21(26)25-22-12-14-10-16(27-2)20(29-4)17(11-14)28-3/h5-12H,1-4H3,(H,23,24)(H,25,26)/b22-12+. The summed E-state index contributed by atoms with van der Waals surface area (Å²) in [7, 11) is 4.60. The molecule has 3 aromatic rings. The second kappa shape index (κ2) is 8.92. The third kappa shape index (κ3) is 4.21. The van der Waals surface area contributed by atoms with E-state index in [0.29, 0.717) is 28.5 Å². The molecule has 0 atom stereocenters. The largest absolute Gasteiger partial charge is 0.493 e. The molecule has 0 bridgehead atoms. The summed E-state index contributed by atoms with van der Waals surface area (Å²) in [6.07, 6.45) is 1.49. The fourth-order valence-electron chi connectivity index (χ4n) is 2.89. The minimum atomic E-state index is -0.388. The highest BCUT2D eigenvalue weighted by molar-refractivity contribution is 5.96. The minimum absolute atomic E-state index is 0.353. The van der Waals surface area contributed by atoms with Gasteiger partial charge in [0, 0.05) is 16.7 Å². The van der Waals surface area contributed by atoms with Gasteiger partial charge >= 0.3 is 0 Å². The predicted octanol–water partition coefficient (Wildman–Crippen LogP) is 3.17. The first-order valence-electron chi connectivity index (χ1n) is 8.82. The molecule has 2 aromatic carbocycles. The van der Waals surface area contributed by atoms with Crippen LogP contribution in [0.25, 0.3) is 11.3 Å². The SMILES string of the molecule is COc1cc(/C=N/NC(=O)c2[nH]nc(-c3ccccc3)c2C)cc(OC)c1OC. The Labute approximate surface area is 168 Å². The van der Waals surface area contributed by atoms with Crippen LogP contribution in [0.1, 0.15) is 21.6 Å². The number of aromatic amines is 1. The number of carbonyl (C=O) groups is 1. The Bertz CT molecular complexity index is 1000. The molecule has 0 aliphatic rings. The summed E-state index contributed by atoms with van der Waals surface area (Å²) in [5.74, 6) is 1.09. The van der Waals surface area contributed by atoms with E-state index in [2.05, 4.69) is 20.7 Å². The zero-order chi connectivity index (χ0) is 20.8. The monoisotopic (exact) mass is 394 g/mol. The molecule has 0 radical (unpaired) electrons. The number of H-pyrrole nitrogens is 1. The molecule has 1 heterocycles. The van der Waals surface area contributed by atoms with E-state index in [9.17, 15) is 4.79 Å². The molecule has 0 saturated heterocycles. The van der Waals surface area contributed by atoms with Gasteiger partial charge in [-0.3, -0.25) is 9.89 Å². The lowest BCUT2D eigenvalue weighted by Crippen LogP contribution is -2.19. The van der Waals surface area contributed by atoms with Crippen LogP contribution < -0.4 is 19.6 Å². The molecule has 8 nitrogen and oxygen atoms in total. The normalized spacial score (nSPS) is 10.8. The van der Waals surface area contributed by atoms with Crippen molar-refractivity contribution in [1.82, 2.24) is 15.6 Å². The number of hydrogen-bond acceptors (Lipinski definition) is 6. The highest BCUT2D eigenvalue weighted by Crippen LogP contribution is 2.37. The first-order valence-corrected chi connectivity index (χ1v) is 8.82. The highest BCUT2D eigenvalue weighted by Gasteiger charge is 2.16. The third-order valence-electron chi connectivity index (χ3n) is 4.35. The van der Waals surface area contributed by atoms with Crippen molar-refractivity contribution in [3.8, 4) is 28.5 Å². The summed E-state index contributed by atoms with van der Waals surface area (Å²) < 4.78 is 15.9. The van der Waals surface area contributed by atoms with Crippen LogP contribution in [0.5, 0.6) is 17.2 Å². The molecule has 8 heteroatoms. The second-order valence-corrected chi connectivity index (χ2v) is 6.10. The van der Waals surface area contributed by atoms with E-state index in [-0.39, 0.29) is 5.91 Å². The van der Waals surface area contributed by atoms with Gasteiger partial charge in [0.1, 0.15) is 5.69 Å². The number of hydrazone groups is 1. The average Bonchev–Trinajstić information content (AvgIpc) is 3.14. The lowest BCUT2D eigenvalue weighted by atomic mass is 10.1. The quantitative estimate of drug-likeness (QED) is 0.474. The summed E-state index contributed by atoms with van der Waals surface area (Å²) in [4.78, 5) is 12.5. The molecule has 0 fully saturated rings. The Morgan fingerprint density at radius 1 is 1.07 bits per heavy atom. The van der Waals surface area contributed by atoms with Crippen LogP contribution in [-0.4, -0.2) is 43.6 Å². The lowest BCUT2D eigenvalue weighted by molar-refractivity contribution is 0.0949. The highest BCUT2D eigenvalue weighted by atomic mass is 16.5. The Balaban J connectivity index is 1.76. The number of nitrogens with zero attached hydrogens (tertiary/aromatic N) is 2. The lowest BCUT2D eigenvalue weighted by Gasteiger charge is -2.12. The fourth-order valence-corrected chi connectivity index (χ4v) is 2.89. The number of amides is 1. The number of nitrogens with one attached hydrogen (secondary N) is 2. The maximum absolute atomic E-state index is 12.5. The first-order chi connectivity index (χ1) is 14.1.